The third-order valence-electron chi connectivity index (χ3n) is 6.16. The highest BCUT2D eigenvalue weighted by molar-refractivity contribution is 7.98. The molecule has 1 aliphatic heterocycles. The Morgan fingerprint density at radius 2 is 1.74 bits per heavy atom. The Kier molecular flexibility index (Phi) is 5.77. The standard InChI is InChI=1S/C21H30N2O3S/c1-4-19(24)23(5-2)16-18-20(17-12-8-6-9-13-17)27(25,26)22(3)21(18)14-10-7-11-15-21/h6,8-9,12-13H,4-5,7,10-11,14-16H2,1-3H3. The monoisotopic (exact) mass is 390 g/mol. The van der Waals surface area contributed by atoms with Crippen molar-refractivity contribution in [2.75, 3.05) is 20.1 Å². The molecule has 27 heavy (non-hydrogen) atoms. The van der Waals surface area contributed by atoms with Gasteiger partial charge >= 0.3 is 0 Å². The van der Waals surface area contributed by atoms with Crippen molar-refractivity contribution in [2.24, 2.45) is 0 Å². The number of amides is 1. The van der Waals surface area contributed by atoms with Gasteiger partial charge in [0.25, 0.3) is 0 Å². The van der Waals surface area contributed by atoms with Crippen LogP contribution in [0.2, 0.25) is 0 Å². The van der Waals surface area contributed by atoms with E-state index in [4.69, 9.17) is 0 Å². The summed E-state index contributed by atoms with van der Waals surface area (Å²) < 4.78 is 28.5. The molecule has 0 bridgehead atoms. The molecule has 1 spiro atoms. The summed E-state index contributed by atoms with van der Waals surface area (Å²) in [4.78, 5) is 14.6. The van der Waals surface area contributed by atoms with E-state index in [9.17, 15) is 13.2 Å². The summed E-state index contributed by atoms with van der Waals surface area (Å²) in [6.45, 7) is 4.78. The molecule has 1 heterocycles. The molecule has 0 unspecified atom stereocenters. The van der Waals surface area contributed by atoms with Gasteiger partial charge in [-0.2, -0.15) is 4.31 Å². The van der Waals surface area contributed by atoms with Gasteiger partial charge in [-0.3, -0.25) is 4.79 Å². The number of likely N-dealkylation sites (N-methyl/N-ethyl adjacent to an activating group) is 2. The van der Waals surface area contributed by atoms with E-state index < -0.39 is 15.6 Å². The number of rotatable bonds is 5. The highest BCUT2D eigenvalue weighted by Gasteiger charge is 2.54. The molecule has 0 saturated heterocycles. The molecule has 1 aromatic carbocycles. The van der Waals surface area contributed by atoms with Crippen LogP contribution in [0.3, 0.4) is 0 Å². The fourth-order valence-corrected chi connectivity index (χ4v) is 6.63. The molecule has 0 radical (unpaired) electrons. The number of sulfonamides is 1. The molecule has 5 nitrogen and oxygen atoms in total. The smallest absolute Gasteiger partial charge is 0.244 e. The van der Waals surface area contributed by atoms with Gasteiger partial charge in [-0.15, -0.1) is 0 Å². The van der Waals surface area contributed by atoms with Gasteiger partial charge in [0.05, 0.1) is 10.4 Å². The average molecular weight is 391 g/mol. The van der Waals surface area contributed by atoms with Gasteiger partial charge in [-0.05, 0) is 30.9 Å². The maximum atomic E-state index is 13.5. The van der Waals surface area contributed by atoms with Gasteiger partial charge < -0.3 is 4.90 Å². The number of hydrogen-bond donors (Lipinski definition) is 0. The Labute approximate surface area is 163 Å². The summed E-state index contributed by atoms with van der Waals surface area (Å²) in [6.07, 6.45) is 5.24. The third-order valence-corrected chi connectivity index (χ3v) is 8.23. The first-order chi connectivity index (χ1) is 12.9. The predicted molar refractivity (Wildman–Crippen MR) is 108 cm³/mol. The Morgan fingerprint density at radius 1 is 1.11 bits per heavy atom. The largest absolute Gasteiger partial charge is 0.339 e. The first kappa shape index (κ1) is 20.1. The molecule has 1 aromatic rings. The van der Waals surface area contributed by atoms with Crippen LogP contribution in [0.4, 0.5) is 0 Å². The first-order valence-corrected chi connectivity index (χ1v) is 11.4. The summed E-state index contributed by atoms with van der Waals surface area (Å²) in [5.41, 5.74) is 1.13. The molecular weight excluding hydrogens is 360 g/mol. The number of benzene rings is 1. The molecule has 1 aliphatic carbocycles. The van der Waals surface area contributed by atoms with Gasteiger partial charge in [0, 0.05) is 26.6 Å². The molecule has 1 fully saturated rings. The Bertz CT molecular complexity index is 824. The van der Waals surface area contributed by atoms with Crippen LogP contribution in [0.15, 0.2) is 35.9 Å². The lowest BCUT2D eigenvalue weighted by molar-refractivity contribution is -0.130. The topological polar surface area (TPSA) is 57.7 Å². The third kappa shape index (κ3) is 3.34. The van der Waals surface area contributed by atoms with Crippen molar-refractivity contribution < 1.29 is 13.2 Å². The summed E-state index contributed by atoms with van der Waals surface area (Å²) >= 11 is 0. The first-order valence-electron chi connectivity index (χ1n) is 9.94. The normalized spacial score (nSPS) is 21.6. The van der Waals surface area contributed by atoms with Crippen LogP contribution in [0.1, 0.15) is 57.9 Å². The van der Waals surface area contributed by atoms with Crippen molar-refractivity contribution in [1.82, 2.24) is 9.21 Å². The Hall–Kier alpha value is -1.66. The van der Waals surface area contributed by atoms with Crippen molar-refractivity contribution in [3.05, 3.63) is 41.5 Å². The summed E-state index contributed by atoms with van der Waals surface area (Å²) in [5.74, 6) is 0.0651. The molecule has 0 atom stereocenters. The van der Waals surface area contributed by atoms with Gasteiger partial charge in [-0.25, -0.2) is 8.42 Å². The Balaban J connectivity index is 2.21. The second kappa shape index (κ2) is 7.76. The predicted octanol–water partition coefficient (Wildman–Crippen LogP) is 3.63. The van der Waals surface area contributed by atoms with E-state index in [0.717, 1.165) is 43.2 Å². The number of hydrogen-bond acceptors (Lipinski definition) is 3. The minimum Gasteiger partial charge on any atom is -0.339 e. The summed E-state index contributed by atoms with van der Waals surface area (Å²) in [5, 5.41) is 0. The molecule has 2 aliphatic rings. The minimum absolute atomic E-state index is 0.0651. The van der Waals surface area contributed by atoms with Crippen molar-refractivity contribution in [1.29, 1.82) is 0 Å². The van der Waals surface area contributed by atoms with Crippen molar-refractivity contribution in [3.8, 4) is 0 Å². The van der Waals surface area contributed by atoms with Crippen molar-refractivity contribution in [3.63, 3.8) is 0 Å². The van der Waals surface area contributed by atoms with E-state index in [-0.39, 0.29) is 5.91 Å². The zero-order chi connectivity index (χ0) is 19.7. The van der Waals surface area contributed by atoms with Crippen LogP contribution in [0, 0.1) is 0 Å². The number of carbonyl (C=O) groups excluding carboxylic acids is 1. The van der Waals surface area contributed by atoms with Gasteiger partial charge in [0.15, 0.2) is 0 Å². The minimum atomic E-state index is -3.59. The van der Waals surface area contributed by atoms with Crippen molar-refractivity contribution >= 4 is 20.8 Å². The fourth-order valence-electron chi connectivity index (χ4n) is 4.60. The van der Waals surface area contributed by atoms with E-state index in [1.165, 1.54) is 0 Å². The molecule has 0 N–H and O–H groups in total. The van der Waals surface area contributed by atoms with Crippen LogP contribution < -0.4 is 0 Å². The lowest BCUT2D eigenvalue weighted by Gasteiger charge is -2.41. The molecule has 1 amide bonds. The maximum absolute atomic E-state index is 13.5. The number of nitrogens with zero attached hydrogens (tertiary/aromatic N) is 2. The molecule has 3 rings (SSSR count). The summed E-state index contributed by atoms with van der Waals surface area (Å²) in [6, 6.07) is 9.36. The maximum Gasteiger partial charge on any atom is 0.244 e. The second-order valence-corrected chi connectivity index (χ2v) is 9.41. The zero-order valence-electron chi connectivity index (χ0n) is 16.6. The lowest BCUT2D eigenvalue weighted by Crippen LogP contribution is -2.49. The van der Waals surface area contributed by atoms with E-state index >= 15 is 0 Å². The molecular formula is C21H30N2O3S. The van der Waals surface area contributed by atoms with Crippen LogP contribution in [-0.4, -0.2) is 49.2 Å². The van der Waals surface area contributed by atoms with Gasteiger partial charge in [-0.1, -0.05) is 56.5 Å². The van der Waals surface area contributed by atoms with Crippen molar-refractivity contribution in [2.45, 2.75) is 57.9 Å². The molecule has 1 saturated carbocycles. The fraction of sp³-hybridized carbons (Fsp3) is 0.571. The van der Waals surface area contributed by atoms with E-state index in [0.29, 0.717) is 24.4 Å². The molecule has 148 valence electrons. The zero-order valence-corrected chi connectivity index (χ0v) is 17.4. The summed E-state index contributed by atoms with van der Waals surface area (Å²) in [7, 11) is -1.87. The quantitative estimate of drug-likeness (QED) is 0.771. The molecule has 6 heteroatoms. The van der Waals surface area contributed by atoms with E-state index in [2.05, 4.69) is 0 Å². The van der Waals surface area contributed by atoms with Gasteiger partial charge in [0.2, 0.25) is 15.9 Å². The van der Waals surface area contributed by atoms with Crippen LogP contribution in [0.5, 0.6) is 0 Å². The van der Waals surface area contributed by atoms with Crippen LogP contribution >= 0.6 is 0 Å². The van der Waals surface area contributed by atoms with E-state index in [1.807, 2.05) is 44.2 Å². The second-order valence-electron chi connectivity index (χ2n) is 7.50. The van der Waals surface area contributed by atoms with Gasteiger partial charge in [0.1, 0.15) is 0 Å². The average Bonchev–Trinajstić information content (AvgIpc) is 2.84. The van der Waals surface area contributed by atoms with Crippen LogP contribution in [0.25, 0.3) is 4.91 Å². The lowest BCUT2D eigenvalue weighted by atomic mass is 9.75. The Morgan fingerprint density at radius 3 is 2.30 bits per heavy atom. The number of carbonyl (C=O) groups is 1. The highest BCUT2D eigenvalue weighted by atomic mass is 32.2. The van der Waals surface area contributed by atoms with Crippen LogP contribution in [-0.2, 0) is 14.8 Å². The highest BCUT2D eigenvalue weighted by Crippen LogP contribution is 2.51. The SMILES string of the molecule is CCC(=O)N(CC)CC1=C(c2ccccc2)S(=O)(=O)N(C)C12CCCCC2. The molecule has 0 aromatic heterocycles. The van der Waals surface area contributed by atoms with E-state index in [1.54, 1.807) is 16.3 Å².